The van der Waals surface area contributed by atoms with Gasteiger partial charge >= 0.3 is 0 Å². The summed E-state index contributed by atoms with van der Waals surface area (Å²) in [5, 5.41) is 3.63. The van der Waals surface area contributed by atoms with Gasteiger partial charge in [-0.3, -0.25) is 0 Å². The van der Waals surface area contributed by atoms with Gasteiger partial charge in [-0.25, -0.2) is 0 Å². The van der Waals surface area contributed by atoms with Gasteiger partial charge in [0.25, 0.3) is 0 Å². The van der Waals surface area contributed by atoms with Crippen molar-refractivity contribution in [1.29, 1.82) is 0 Å². The summed E-state index contributed by atoms with van der Waals surface area (Å²) in [7, 11) is 0. The normalized spacial score (nSPS) is 16.8. The molecule has 0 radical (unpaired) electrons. The molecule has 100 valence electrons. The van der Waals surface area contributed by atoms with Crippen LogP contribution in [-0.2, 0) is 17.9 Å². The number of hydrogen-bond donors (Lipinski definition) is 1. The third-order valence-corrected chi connectivity index (χ3v) is 3.60. The van der Waals surface area contributed by atoms with Crippen molar-refractivity contribution in [1.82, 2.24) is 5.32 Å². The molecule has 2 heteroatoms. The van der Waals surface area contributed by atoms with Gasteiger partial charge < -0.3 is 10.1 Å². The van der Waals surface area contributed by atoms with Crippen molar-refractivity contribution < 1.29 is 4.74 Å². The van der Waals surface area contributed by atoms with Crippen molar-refractivity contribution in [3.63, 3.8) is 0 Å². The molecule has 0 aliphatic heterocycles. The maximum Gasteiger partial charge on any atom is 0.0719 e. The van der Waals surface area contributed by atoms with Crippen LogP contribution in [-0.4, -0.2) is 12.6 Å². The molecule has 1 saturated carbocycles. The van der Waals surface area contributed by atoms with Crippen molar-refractivity contribution in [3.05, 3.63) is 35.4 Å². The van der Waals surface area contributed by atoms with Gasteiger partial charge in [-0.1, -0.05) is 37.1 Å². The summed E-state index contributed by atoms with van der Waals surface area (Å²) in [4.78, 5) is 0. The fourth-order valence-electron chi connectivity index (χ4n) is 2.30. The number of benzene rings is 1. The van der Waals surface area contributed by atoms with Crippen LogP contribution in [0.5, 0.6) is 0 Å². The van der Waals surface area contributed by atoms with Crippen LogP contribution in [0.3, 0.4) is 0 Å². The topological polar surface area (TPSA) is 21.3 Å². The molecule has 0 amide bonds. The fraction of sp³-hybridized carbons (Fsp3) is 0.625. The van der Waals surface area contributed by atoms with Crippen LogP contribution in [0.25, 0.3) is 0 Å². The molecular weight excluding hydrogens is 222 g/mol. The zero-order valence-corrected chi connectivity index (χ0v) is 11.6. The second-order valence-corrected chi connectivity index (χ2v) is 5.37. The first-order chi connectivity index (χ1) is 8.79. The number of hydrogen-bond acceptors (Lipinski definition) is 2. The molecule has 1 aliphatic carbocycles. The van der Waals surface area contributed by atoms with Gasteiger partial charge in [-0.15, -0.1) is 0 Å². The lowest BCUT2D eigenvalue weighted by Crippen LogP contribution is -2.26. The highest BCUT2D eigenvalue weighted by Crippen LogP contribution is 2.33. The zero-order valence-electron chi connectivity index (χ0n) is 11.6. The Kier molecular flexibility index (Phi) is 5.21. The molecule has 0 heterocycles. The highest BCUT2D eigenvalue weighted by Gasteiger charge is 2.23. The molecule has 0 bridgehead atoms. The van der Waals surface area contributed by atoms with Crippen molar-refractivity contribution in [2.24, 2.45) is 5.92 Å². The van der Waals surface area contributed by atoms with Crippen molar-refractivity contribution in [2.75, 3.05) is 6.61 Å². The number of rotatable bonds is 8. The molecule has 0 aromatic heterocycles. The molecule has 2 rings (SSSR count). The summed E-state index contributed by atoms with van der Waals surface area (Å²) in [5.41, 5.74) is 2.68. The van der Waals surface area contributed by atoms with E-state index in [0.717, 1.165) is 25.7 Å². The van der Waals surface area contributed by atoms with Crippen LogP contribution >= 0.6 is 0 Å². The maximum absolute atomic E-state index is 5.51. The summed E-state index contributed by atoms with van der Waals surface area (Å²) >= 11 is 0. The molecule has 1 N–H and O–H groups in total. The Hall–Kier alpha value is -0.860. The van der Waals surface area contributed by atoms with Gasteiger partial charge in [0.05, 0.1) is 6.61 Å². The second-order valence-electron chi connectivity index (χ2n) is 5.37. The van der Waals surface area contributed by atoms with Crippen LogP contribution in [0.4, 0.5) is 0 Å². The van der Waals surface area contributed by atoms with E-state index in [1.54, 1.807) is 0 Å². The average molecular weight is 247 g/mol. The molecule has 0 saturated heterocycles. The Balaban J connectivity index is 1.82. The molecule has 0 spiro atoms. The van der Waals surface area contributed by atoms with Gasteiger partial charge in [-0.2, -0.15) is 0 Å². The summed E-state index contributed by atoms with van der Waals surface area (Å²) in [6.45, 7) is 6.80. The van der Waals surface area contributed by atoms with E-state index < -0.39 is 0 Å². The molecule has 18 heavy (non-hydrogen) atoms. The van der Waals surface area contributed by atoms with Crippen LogP contribution in [0.1, 0.15) is 44.2 Å². The lowest BCUT2D eigenvalue weighted by molar-refractivity contribution is 0.133. The maximum atomic E-state index is 5.51. The van der Waals surface area contributed by atoms with Crippen LogP contribution in [0, 0.1) is 5.92 Å². The van der Waals surface area contributed by atoms with Crippen molar-refractivity contribution >= 4 is 0 Å². The lowest BCUT2D eigenvalue weighted by Gasteiger charge is -2.15. The highest BCUT2D eigenvalue weighted by molar-refractivity contribution is 5.26. The van der Waals surface area contributed by atoms with E-state index >= 15 is 0 Å². The van der Waals surface area contributed by atoms with E-state index in [-0.39, 0.29) is 0 Å². The standard InChI is InChI=1S/C16H25NO/c1-3-18-12-16-7-5-4-6-15(16)11-17-13(2)10-14-8-9-14/h4-7,13-14,17H,3,8-12H2,1-2H3. The minimum Gasteiger partial charge on any atom is -0.377 e. The lowest BCUT2D eigenvalue weighted by atomic mass is 10.1. The number of ether oxygens (including phenoxy) is 1. The second kappa shape index (κ2) is 6.91. The van der Waals surface area contributed by atoms with Gasteiger partial charge in [0.1, 0.15) is 0 Å². The van der Waals surface area contributed by atoms with Gasteiger partial charge in [0, 0.05) is 19.2 Å². The monoisotopic (exact) mass is 247 g/mol. The summed E-state index contributed by atoms with van der Waals surface area (Å²) in [5.74, 6) is 0.992. The fourth-order valence-corrected chi connectivity index (χ4v) is 2.30. The smallest absolute Gasteiger partial charge is 0.0719 e. The van der Waals surface area contributed by atoms with Crippen molar-refractivity contribution in [3.8, 4) is 0 Å². The van der Waals surface area contributed by atoms with E-state index in [1.165, 1.54) is 30.4 Å². The Labute approximate surface area is 111 Å². The first-order valence-corrected chi connectivity index (χ1v) is 7.17. The first-order valence-electron chi connectivity index (χ1n) is 7.17. The number of nitrogens with one attached hydrogen (secondary N) is 1. The van der Waals surface area contributed by atoms with Crippen LogP contribution < -0.4 is 5.32 Å². The molecule has 1 aromatic rings. The molecule has 1 aromatic carbocycles. The van der Waals surface area contributed by atoms with Gasteiger partial charge in [0.15, 0.2) is 0 Å². The predicted molar refractivity (Wildman–Crippen MR) is 75.4 cm³/mol. The van der Waals surface area contributed by atoms with Gasteiger partial charge in [-0.05, 0) is 37.3 Å². The van der Waals surface area contributed by atoms with E-state index in [4.69, 9.17) is 4.74 Å². The quantitative estimate of drug-likeness (QED) is 0.759. The summed E-state index contributed by atoms with van der Waals surface area (Å²) < 4.78 is 5.51. The minimum atomic E-state index is 0.623. The van der Waals surface area contributed by atoms with E-state index in [9.17, 15) is 0 Å². The van der Waals surface area contributed by atoms with Crippen LogP contribution in [0.15, 0.2) is 24.3 Å². The molecule has 1 fully saturated rings. The first kappa shape index (κ1) is 13.6. The van der Waals surface area contributed by atoms with E-state index in [1.807, 2.05) is 6.92 Å². The van der Waals surface area contributed by atoms with Crippen molar-refractivity contribution in [2.45, 2.75) is 52.3 Å². The SMILES string of the molecule is CCOCc1ccccc1CNC(C)CC1CC1. The molecule has 2 nitrogen and oxygen atoms in total. The van der Waals surface area contributed by atoms with E-state index in [0.29, 0.717) is 6.04 Å². The Morgan fingerprint density at radius 3 is 2.67 bits per heavy atom. The molecule has 1 aliphatic rings. The zero-order chi connectivity index (χ0) is 12.8. The molecule has 1 unspecified atom stereocenters. The Bertz CT molecular complexity index is 360. The molecule has 1 atom stereocenters. The third kappa shape index (κ3) is 4.43. The highest BCUT2D eigenvalue weighted by atomic mass is 16.5. The minimum absolute atomic E-state index is 0.623. The predicted octanol–water partition coefficient (Wildman–Crippen LogP) is 3.50. The molecular formula is C16H25NO. The largest absolute Gasteiger partial charge is 0.377 e. The van der Waals surface area contributed by atoms with Gasteiger partial charge in [0.2, 0.25) is 0 Å². The average Bonchev–Trinajstić information content (AvgIpc) is 3.18. The Morgan fingerprint density at radius 2 is 2.00 bits per heavy atom. The third-order valence-electron chi connectivity index (χ3n) is 3.60. The summed E-state index contributed by atoms with van der Waals surface area (Å²) in [6.07, 6.45) is 4.20. The van der Waals surface area contributed by atoms with E-state index in [2.05, 4.69) is 36.5 Å². The summed E-state index contributed by atoms with van der Waals surface area (Å²) in [6, 6.07) is 9.19. The Morgan fingerprint density at radius 1 is 1.28 bits per heavy atom. The van der Waals surface area contributed by atoms with Crippen LogP contribution in [0.2, 0.25) is 0 Å².